The number of anilines is 2. The van der Waals surface area contributed by atoms with Gasteiger partial charge in [0, 0.05) is 11.4 Å². The van der Waals surface area contributed by atoms with E-state index in [-0.39, 0.29) is 23.7 Å². The monoisotopic (exact) mass is 408 g/mol. The van der Waals surface area contributed by atoms with Crippen LogP contribution in [-0.2, 0) is 9.59 Å². The average Bonchev–Trinajstić information content (AvgIpc) is 2.67. The zero-order valence-corrected chi connectivity index (χ0v) is 19.6. The number of carbonyl (C=O) groups excluding carboxylic acids is 2. The van der Waals surface area contributed by atoms with Crippen molar-refractivity contribution in [2.75, 3.05) is 10.6 Å². The van der Waals surface area contributed by atoms with Crippen LogP contribution >= 0.6 is 0 Å². The molecule has 2 aromatic rings. The largest absolute Gasteiger partial charge is 0.317 e. The Labute approximate surface area is 181 Å². The number of rotatable bonds is 6. The summed E-state index contributed by atoms with van der Waals surface area (Å²) in [7, 11) is 0. The minimum absolute atomic E-state index is 0.233. The molecule has 0 aliphatic heterocycles. The molecule has 2 N–H and O–H groups in total. The highest BCUT2D eigenvalue weighted by atomic mass is 16.2. The summed E-state index contributed by atoms with van der Waals surface area (Å²) in [5, 5.41) is 5.82. The molecule has 0 aromatic heterocycles. The number of para-hydroxylation sites is 2. The van der Waals surface area contributed by atoms with Crippen LogP contribution in [0.5, 0.6) is 0 Å². The highest BCUT2D eigenvalue weighted by Gasteiger charge is 2.23. The van der Waals surface area contributed by atoms with E-state index < -0.39 is 11.8 Å². The van der Waals surface area contributed by atoms with Gasteiger partial charge in [-0.05, 0) is 45.9 Å². The molecule has 0 bridgehead atoms. The van der Waals surface area contributed by atoms with E-state index >= 15 is 0 Å². The second kappa shape index (κ2) is 9.92. The van der Waals surface area contributed by atoms with E-state index in [1.807, 2.05) is 36.4 Å². The zero-order chi connectivity index (χ0) is 22.6. The third-order valence-corrected chi connectivity index (χ3v) is 5.43. The lowest BCUT2D eigenvalue weighted by Gasteiger charge is -2.22. The minimum Gasteiger partial charge on any atom is -0.317 e. The molecule has 0 atom stereocenters. The number of benzene rings is 2. The van der Waals surface area contributed by atoms with Gasteiger partial charge in [-0.15, -0.1) is 0 Å². The summed E-state index contributed by atoms with van der Waals surface area (Å²) in [6, 6.07) is 12.1. The van der Waals surface area contributed by atoms with Crippen molar-refractivity contribution in [3.05, 3.63) is 58.7 Å². The van der Waals surface area contributed by atoms with Crippen LogP contribution in [0.15, 0.2) is 36.4 Å². The molecule has 162 valence electrons. The highest BCUT2D eigenvalue weighted by Crippen LogP contribution is 2.34. The Hall–Kier alpha value is -2.62. The fraction of sp³-hybridized carbons (Fsp3) is 0.462. The summed E-state index contributed by atoms with van der Waals surface area (Å²) >= 11 is 0. The SMILES string of the molecule is CC(C)c1cccc(C(C)C)c1NC(=O)C(=O)Nc1c(C(C)C)cccc1C(C)C. The van der Waals surface area contributed by atoms with Crippen molar-refractivity contribution >= 4 is 23.2 Å². The molecule has 30 heavy (non-hydrogen) atoms. The molecule has 0 radical (unpaired) electrons. The van der Waals surface area contributed by atoms with E-state index in [9.17, 15) is 9.59 Å². The molecular weight excluding hydrogens is 372 g/mol. The standard InChI is InChI=1S/C26H36N2O2/c1-15(2)19-11-9-12-20(16(3)4)23(19)27-25(29)26(30)28-24-21(17(5)6)13-10-14-22(24)18(7)8/h9-18H,1-8H3,(H,27,29)(H,28,30). The number of nitrogens with one attached hydrogen (secondary N) is 2. The molecule has 2 aromatic carbocycles. The quantitative estimate of drug-likeness (QED) is 0.519. The molecule has 4 heteroatoms. The third-order valence-electron chi connectivity index (χ3n) is 5.43. The zero-order valence-electron chi connectivity index (χ0n) is 19.6. The van der Waals surface area contributed by atoms with Gasteiger partial charge in [-0.1, -0.05) is 91.8 Å². The maximum Gasteiger partial charge on any atom is 0.314 e. The van der Waals surface area contributed by atoms with Gasteiger partial charge in [0.15, 0.2) is 0 Å². The van der Waals surface area contributed by atoms with Crippen LogP contribution in [0.4, 0.5) is 11.4 Å². The van der Waals surface area contributed by atoms with Crippen molar-refractivity contribution < 1.29 is 9.59 Å². The normalized spacial score (nSPS) is 11.5. The minimum atomic E-state index is -0.640. The predicted octanol–water partition coefficient (Wildman–Crippen LogP) is 6.76. The van der Waals surface area contributed by atoms with Gasteiger partial charge in [0.25, 0.3) is 0 Å². The smallest absolute Gasteiger partial charge is 0.314 e. The van der Waals surface area contributed by atoms with Crippen molar-refractivity contribution in [2.45, 2.75) is 79.1 Å². The summed E-state index contributed by atoms with van der Waals surface area (Å²) in [5.74, 6) is -0.350. The maximum absolute atomic E-state index is 12.9. The Bertz CT molecular complexity index is 783. The van der Waals surface area contributed by atoms with E-state index in [1.54, 1.807) is 0 Å². The van der Waals surface area contributed by atoms with E-state index in [0.29, 0.717) is 0 Å². The highest BCUT2D eigenvalue weighted by molar-refractivity contribution is 6.44. The first kappa shape index (κ1) is 23.7. The van der Waals surface area contributed by atoms with Gasteiger partial charge >= 0.3 is 11.8 Å². The van der Waals surface area contributed by atoms with Crippen LogP contribution in [0.1, 0.15) is 101 Å². The van der Waals surface area contributed by atoms with Gasteiger partial charge in [0.05, 0.1) is 0 Å². The fourth-order valence-corrected chi connectivity index (χ4v) is 3.73. The molecule has 0 heterocycles. The van der Waals surface area contributed by atoms with Crippen LogP contribution in [0, 0.1) is 0 Å². The van der Waals surface area contributed by atoms with E-state index in [2.05, 4.69) is 66.0 Å². The molecule has 2 amide bonds. The second-order valence-electron chi connectivity index (χ2n) is 9.15. The molecule has 0 saturated heterocycles. The maximum atomic E-state index is 12.9. The molecule has 0 fully saturated rings. The van der Waals surface area contributed by atoms with Gasteiger partial charge in [-0.2, -0.15) is 0 Å². The molecule has 2 rings (SSSR count). The van der Waals surface area contributed by atoms with E-state index in [1.165, 1.54) is 0 Å². The lowest BCUT2D eigenvalue weighted by atomic mass is 9.92. The van der Waals surface area contributed by atoms with Gasteiger partial charge in [-0.25, -0.2) is 0 Å². The second-order valence-corrected chi connectivity index (χ2v) is 9.15. The Morgan fingerprint density at radius 3 is 0.967 bits per heavy atom. The summed E-state index contributed by atoms with van der Waals surface area (Å²) < 4.78 is 0. The third kappa shape index (κ3) is 5.29. The predicted molar refractivity (Wildman–Crippen MR) is 126 cm³/mol. The Morgan fingerprint density at radius 1 is 0.533 bits per heavy atom. The summed E-state index contributed by atoms with van der Waals surface area (Å²) in [4.78, 5) is 25.8. The molecule has 0 saturated carbocycles. The lowest BCUT2D eigenvalue weighted by molar-refractivity contribution is -0.133. The first-order valence-corrected chi connectivity index (χ1v) is 10.9. The van der Waals surface area contributed by atoms with Gasteiger partial charge < -0.3 is 10.6 Å². The Morgan fingerprint density at radius 2 is 0.767 bits per heavy atom. The number of carbonyl (C=O) groups is 2. The van der Waals surface area contributed by atoms with Crippen molar-refractivity contribution in [3.8, 4) is 0 Å². The van der Waals surface area contributed by atoms with Crippen molar-refractivity contribution in [3.63, 3.8) is 0 Å². The van der Waals surface area contributed by atoms with Crippen molar-refractivity contribution in [1.29, 1.82) is 0 Å². The first-order chi connectivity index (χ1) is 14.0. The van der Waals surface area contributed by atoms with Crippen LogP contribution in [-0.4, -0.2) is 11.8 Å². The van der Waals surface area contributed by atoms with Gasteiger partial charge in [0.1, 0.15) is 0 Å². The number of hydrogen-bond acceptors (Lipinski definition) is 2. The van der Waals surface area contributed by atoms with Crippen LogP contribution in [0.25, 0.3) is 0 Å². The first-order valence-electron chi connectivity index (χ1n) is 10.9. The molecule has 0 unspecified atom stereocenters. The molecule has 0 aliphatic carbocycles. The molecule has 0 aliphatic rings. The van der Waals surface area contributed by atoms with Crippen molar-refractivity contribution in [2.24, 2.45) is 0 Å². The van der Waals surface area contributed by atoms with Crippen LogP contribution < -0.4 is 10.6 Å². The Kier molecular flexibility index (Phi) is 7.83. The summed E-state index contributed by atoms with van der Waals surface area (Å²) in [6.07, 6.45) is 0. The van der Waals surface area contributed by atoms with Gasteiger partial charge in [0.2, 0.25) is 0 Å². The van der Waals surface area contributed by atoms with Gasteiger partial charge in [-0.3, -0.25) is 9.59 Å². The Balaban J connectivity index is 2.37. The summed E-state index contributed by atoms with van der Waals surface area (Å²) in [5.41, 5.74) is 5.65. The van der Waals surface area contributed by atoms with E-state index in [4.69, 9.17) is 0 Å². The molecule has 4 nitrogen and oxygen atoms in total. The lowest BCUT2D eigenvalue weighted by Crippen LogP contribution is -2.31. The van der Waals surface area contributed by atoms with Crippen molar-refractivity contribution in [1.82, 2.24) is 0 Å². The topological polar surface area (TPSA) is 58.2 Å². The number of amides is 2. The average molecular weight is 409 g/mol. The number of hydrogen-bond donors (Lipinski definition) is 2. The molecular formula is C26H36N2O2. The van der Waals surface area contributed by atoms with Crippen LogP contribution in [0.3, 0.4) is 0 Å². The van der Waals surface area contributed by atoms with E-state index in [0.717, 1.165) is 33.6 Å². The van der Waals surface area contributed by atoms with Crippen LogP contribution in [0.2, 0.25) is 0 Å². The summed E-state index contributed by atoms with van der Waals surface area (Å²) in [6.45, 7) is 16.7. The fourth-order valence-electron chi connectivity index (χ4n) is 3.73. The molecule has 0 spiro atoms.